The summed E-state index contributed by atoms with van der Waals surface area (Å²) in [5.41, 5.74) is -0.157. The van der Waals surface area contributed by atoms with Crippen LogP contribution in [0.3, 0.4) is 0 Å². The fourth-order valence-electron chi connectivity index (χ4n) is 1.72. The van der Waals surface area contributed by atoms with Gasteiger partial charge < -0.3 is 5.32 Å². The van der Waals surface area contributed by atoms with E-state index in [1.54, 1.807) is 11.3 Å². The zero-order chi connectivity index (χ0) is 15.5. The molecule has 2 N–H and O–H groups in total. The lowest BCUT2D eigenvalue weighted by Crippen LogP contribution is -2.04. The zero-order valence-electron chi connectivity index (χ0n) is 11.0. The molecule has 22 heavy (non-hydrogen) atoms. The molecule has 0 aliphatic heterocycles. The van der Waals surface area contributed by atoms with Crippen molar-refractivity contribution in [2.45, 2.75) is 6.54 Å². The Morgan fingerprint density at radius 3 is 3.05 bits per heavy atom. The smallest absolute Gasteiger partial charge is 0.289 e. The molecule has 3 aromatic rings. The average Bonchev–Trinajstić information content (AvgIpc) is 3.16. The molecule has 3 rings (SSSR count). The van der Waals surface area contributed by atoms with Crippen molar-refractivity contribution in [3.63, 3.8) is 0 Å². The van der Waals surface area contributed by atoms with Gasteiger partial charge in [-0.25, -0.2) is 9.97 Å². The number of halogens is 1. The number of pyridine rings is 1. The van der Waals surface area contributed by atoms with E-state index < -0.39 is 4.92 Å². The Balaban J connectivity index is 1.69. The van der Waals surface area contributed by atoms with Crippen LogP contribution in [0.1, 0.15) is 5.82 Å². The first-order chi connectivity index (χ1) is 10.6. The van der Waals surface area contributed by atoms with Gasteiger partial charge in [0.15, 0.2) is 5.82 Å². The van der Waals surface area contributed by atoms with Crippen molar-refractivity contribution in [2.24, 2.45) is 0 Å². The van der Waals surface area contributed by atoms with Crippen LogP contribution in [0.25, 0.3) is 10.7 Å². The molecule has 0 fully saturated rings. The molecule has 0 aromatic carbocycles. The quantitative estimate of drug-likeness (QED) is 0.547. The minimum atomic E-state index is -0.549. The zero-order valence-corrected chi connectivity index (χ0v) is 12.6. The van der Waals surface area contributed by atoms with E-state index in [9.17, 15) is 10.1 Å². The number of rotatable bonds is 5. The van der Waals surface area contributed by atoms with Crippen molar-refractivity contribution in [1.82, 2.24) is 20.2 Å². The molecule has 0 spiro atoms. The van der Waals surface area contributed by atoms with Crippen LogP contribution >= 0.6 is 22.9 Å². The van der Waals surface area contributed by atoms with Crippen LogP contribution < -0.4 is 5.32 Å². The average molecular weight is 337 g/mol. The molecule has 0 unspecified atom stereocenters. The Morgan fingerprint density at radius 1 is 1.50 bits per heavy atom. The van der Waals surface area contributed by atoms with Crippen molar-refractivity contribution in [1.29, 1.82) is 0 Å². The van der Waals surface area contributed by atoms with Crippen molar-refractivity contribution in [3.05, 3.63) is 50.7 Å². The van der Waals surface area contributed by atoms with Gasteiger partial charge in [0.1, 0.15) is 17.8 Å². The summed E-state index contributed by atoms with van der Waals surface area (Å²) in [6.07, 6.45) is 1.14. The molecule has 0 atom stereocenters. The highest BCUT2D eigenvalue weighted by Crippen LogP contribution is 2.24. The van der Waals surface area contributed by atoms with Gasteiger partial charge in [0.05, 0.1) is 21.4 Å². The fourth-order valence-corrected chi connectivity index (χ4v) is 2.60. The maximum absolute atomic E-state index is 10.6. The van der Waals surface area contributed by atoms with Gasteiger partial charge in [-0.15, -0.1) is 11.3 Å². The van der Waals surface area contributed by atoms with Gasteiger partial charge >= 0.3 is 0 Å². The van der Waals surface area contributed by atoms with E-state index in [-0.39, 0.29) is 10.7 Å². The van der Waals surface area contributed by atoms with Crippen LogP contribution in [-0.4, -0.2) is 25.1 Å². The Hall–Kier alpha value is -2.52. The number of aromatic nitrogens is 4. The van der Waals surface area contributed by atoms with E-state index in [4.69, 9.17) is 11.6 Å². The Labute approximate surface area is 133 Å². The van der Waals surface area contributed by atoms with E-state index >= 15 is 0 Å². The second kappa shape index (κ2) is 6.08. The van der Waals surface area contributed by atoms with Crippen LogP contribution in [0.2, 0.25) is 5.02 Å². The van der Waals surface area contributed by atoms with Crippen molar-refractivity contribution in [2.75, 3.05) is 5.32 Å². The standard InChI is InChI=1S/C12H9ClN6O2S/c13-8-4-7(19(20)21)5-14-11(8)15-6-10-16-12(18-17-10)9-2-1-3-22-9/h1-5H,6H2,(H,14,15)(H,16,17,18). The second-order valence-electron chi connectivity index (χ2n) is 4.22. The number of nitro groups is 1. The molecule has 0 saturated heterocycles. The lowest BCUT2D eigenvalue weighted by Gasteiger charge is -2.04. The summed E-state index contributed by atoms with van der Waals surface area (Å²) in [6, 6.07) is 5.10. The van der Waals surface area contributed by atoms with Gasteiger partial charge in [-0.3, -0.25) is 15.2 Å². The minimum absolute atomic E-state index is 0.157. The summed E-state index contributed by atoms with van der Waals surface area (Å²) >= 11 is 7.50. The Morgan fingerprint density at radius 2 is 2.36 bits per heavy atom. The number of hydrogen-bond acceptors (Lipinski definition) is 7. The highest BCUT2D eigenvalue weighted by Gasteiger charge is 2.12. The Kier molecular flexibility index (Phi) is 3.98. The van der Waals surface area contributed by atoms with Crippen molar-refractivity contribution in [3.8, 4) is 10.7 Å². The van der Waals surface area contributed by atoms with Crippen LogP contribution in [0.4, 0.5) is 11.5 Å². The Bertz CT molecular complexity index is 804. The third-order valence-electron chi connectivity index (χ3n) is 2.73. The minimum Gasteiger partial charge on any atom is -0.362 e. The summed E-state index contributed by atoms with van der Waals surface area (Å²) in [6.45, 7) is 0.322. The molecule has 0 saturated carbocycles. The SMILES string of the molecule is O=[N+]([O-])c1cnc(NCc2nc(-c3cccs3)n[nH]2)c(Cl)c1. The molecule has 10 heteroatoms. The highest BCUT2D eigenvalue weighted by atomic mass is 35.5. The molecule has 0 radical (unpaired) electrons. The van der Waals surface area contributed by atoms with Gasteiger partial charge in [-0.2, -0.15) is 5.10 Å². The van der Waals surface area contributed by atoms with Crippen LogP contribution in [0.15, 0.2) is 29.8 Å². The lowest BCUT2D eigenvalue weighted by atomic mass is 10.4. The number of thiophene rings is 1. The predicted octanol–water partition coefficient (Wildman–Crippen LogP) is 3.10. The van der Waals surface area contributed by atoms with Crippen LogP contribution in [0.5, 0.6) is 0 Å². The summed E-state index contributed by atoms with van der Waals surface area (Å²) < 4.78 is 0. The normalized spacial score (nSPS) is 10.6. The van der Waals surface area contributed by atoms with Crippen LogP contribution in [-0.2, 0) is 6.54 Å². The third-order valence-corrected chi connectivity index (χ3v) is 3.89. The lowest BCUT2D eigenvalue weighted by molar-refractivity contribution is -0.385. The maximum Gasteiger partial charge on any atom is 0.289 e. The van der Waals surface area contributed by atoms with Crippen molar-refractivity contribution < 1.29 is 4.92 Å². The molecule has 0 aliphatic rings. The first kappa shape index (κ1) is 14.4. The van der Waals surface area contributed by atoms with Crippen LogP contribution in [0, 0.1) is 10.1 Å². The highest BCUT2D eigenvalue weighted by molar-refractivity contribution is 7.13. The molecule has 3 heterocycles. The van der Waals surface area contributed by atoms with Gasteiger partial charge in [0.25, 0.3) is 5.69 Å². The number of anilines is 1. The summed E-state index contributed by atoms with van der Waals surface area (Å²) in [5, 5.41) is 22.6. The first-order valence-electron chi connectivity index (χ1n) is 6.12. The molecular weight excluding hydrogens is 328 g/mol. The monoisotopic (exact) mass is 336 g/mol. The van der Waals surface area contributed by atoms with Crippen molar-refractivity contribution >= 4 is 34.4 Å². The predicted molar refractivity (Wildman–Crippen MR) is 82.9 cm³/mol. The topological polar surface area (TPSA) is 110 Å². The number of hydrogen-bond donors (Lipinski definition) is 2. The number of nitrogens with zero attached hydrogens (tertiary/aromatic N) is 4. The van der Waals surface area contributed by atoms with E-state index in [1.165, 1.54) is 6.07 Å². The molecule has 3 aromatic heterocycles. The molecule has 8 nitrogen and oxygen atoms in total. The number of nitrogens with one attached hydrogen (secondary N) is 2. The van der Waals surface area contributed by atoms with E-state index in [0.29, 0.717) is 24.0 Å². The molecule has 0 amide bonds. The summed E-state index contributed by atoms with van der Waals surface area (Å²) in [7, 11) is 0. The van der Waals surface area contributed by atoms with E-state index in [2.05, 4.69) is 25.5 Å². The summed E-state index contributed by atoms with van der Waals surface area (Å²) in [4.78, 5) is 19.3. The van der Waals surface area contributed by atoms with Gasteiger partial charge in [-0.1, -0.05) is 17.7 Å². The number of aromatic amines is 1. The second-order valence-corrected chi connectivity index (χ2v) is 5.57. The third kappa shape index (κ3) is 3.05. The van der Waals surface area contributed by atoms with Gasteiger partial charge in [0, 0.05) is 6.07 Å². The number of H-pyrrole nitrogens is 1. The van der Waals surface area contributed by atoms with E-state index in [1.807, 2.05) is 17.5 Å². The molecule has 112 valence electrons. The summed E-state index contributed by atoms with van der Waals surface area (Å²) in [5.74, 6) is 1.58. The molecule has 0 bridgehead atoms. The molecular formula is C12H9ClN6O2S. The van der Waals surface area contributed by atoms with Gasteiger partial charge in [-0.05, 0) is 11.4 Å². The van der Waals surface area contributed by atoms with Gasteiger partial charge in [0.2, 0.25) is 0 Å². The largest absolute Gasteiger partial charge is 0.362 e. The van der Waals surface area contributed by atoms with E-state index in [0.717, 1.165) is 11.1 Å². The molecule has 0 aliphatic carbocycles. The first-order valence-corrected chi connectivity index (χ1v) is 7.38. The maximum atomic E-state index is 10.6. The fraction of sp³-hybridized carbons (Fsp3) is 0.0833.